The summed E-state index contributed by atoms with van der Waals surface area (Å²) in [5, 5.41) is 5.30. The molecule has 2 aromatic rings. The van der Waals surface area contributed by atoms with E-state index in [9.17, 15) is 14.0 Å². The fraction of sp³-hybridized carbons (Fsp3) is 0.364. The van der Waals surface area contributed by atoms with E-state index in [0.717, 1.165) is 31.7 Å². The normalized spacial score (nSPS) is 16.0. The molecule has 1 atom stereocenters. The Morgan fingerprint density at radius 3 is 2.23 bits per heavy atom. The molecule has 0 aliphatic carbocycles. The number of rotatable bonds is 6. The number of nitrogens with zero attached hydrogens (tertiary/aromatic N) is 2. The molecule has 0 unspecified atom stereocenters. The number of hydrogen-bond donors (Lipinski definition) is 2. The number of nitrogens with one attached hydrogen (secondary N) is 2. The maximum absolute atomic E-state index is 13.4. The molecular formula is C22H27FN4O3. The number of benzene rings is 2. The summed E-state index contributed by atoms with van der Waals surface area (Å²) < 4.78 is 18.4. The van der Waals surface area contributed by atoms with Crippen LogP contribution in [0.4, 0.5) is 10.1 Å². The molecule has 30 heavy (non-hydrogen) atoms. The van der Waals surface area contributed by atoms with Crippen LogP contribution in [0.3, 0.4) is 0 Å². The van der Waals surface area contributed by atoms with Crippen LogP contribution in [0.5, 0.6) is 5.75 Å². The number of halogens is 1. The lowest BCUT2D eigenvalue weighted by Crippen LogP contribution is -2.49. The molecule has 160 valence electrons. The average molecular weight is 414 g/mol. The first-order valence-electron chi connectivity index (χ1n) is 9.87. The van der Waals surface area contributed by atoms with Crippen LogP contribution < -0.4 is 15.4 Å². The van der Waals surface area contributed by atoms with Gasteiger partial charge in [0.1, 0.15) is 11.6 Å². The molecule has 1 saturated heterocycles. The minimum Gasteiger partial charge on any atom is -0.497 e. The van der Waals surface area contributed by atoms with Gasteiger partial charge in [0.05, 0.1) is 13.2 Å². The molecule has 0 aromatic heterocycles. The van der Waals surface area contributed by atoms with E-state index in [4.69, 9.17) is 4.74 Å². The van der Waals surface area contributed by atoms with Crippen molar-refractivity contribution in [2.24, 2.45) is 0 Å². The Labute approximate surface area is 175 Å². The van der Waals surface area contributed by atoms with E-state index in [-0.39, 0.29) is 18.4 Å². The van der Waals surface area contributed by atoms with Gasteiger partial charge in [0.25, 0.3) is 0 Å². The highest BCUT2D eigenvalue weighted by Crippen LogP contribution is 2.22. The lowest BCUT2D eigenvalue weighted by atomic mass is 10.0. The highest BCUT2D eigenvalue weighted by atomic mass is 19.1. The van der Waals surface area contributed by atoms with Gasteiger partial charge in [0.2, 0.25) is 0 Å². The molecule has 7 nitrogen and oxygen atoms in total. The minimum absolute atomic E-state index is 0.142. The van der Waals surface area contributed by atoms with E-state index < -0.39 is 11.8 Å². The van der Waals surface area contributed by atoms with Gasteiger partial charge in [-0.3, -0.25) is 14.5 Å². The summed E-state index contributed by atoms with van der Waals surface area (Å²) in [7, 11) is 3.62. The molecule has 0 spiro atoms. The molecular weight excluding hydrogens is 387 g/mol. The Morgan fingerprint density at radius 1 is 1.00 bits per heavy atom. The van der Waals surface area contributed by atoms with Gasteiger partial charge in [-0.15, -0.1) is 0 Å². The first-order valence-corrected chi connectivity index (χ1v) is 9.87. The zero-order valence-electron chi connectivity index (χ0n) is 17.2. The van der Waals surface area contributed by atoms with Crippen molar-refractivity contribution in [2.75, 3.05) is 52.2 Å². The van der Waals surface area contributed by atoms with Crippen molar-refractivity contribution in [1.82, 2.24) is 15.1 Å². The number of carbonyl (C=O) groups excluding carboxylic acids is 2. The number of anilines is 1. The molecule has 8 heteroatoms. The molecule has 2 aromatic carbocycles. The molecule has 1 aliphatic rings. The number of hydrogen-bond acceptors (Lipinski definition) is 5. The van der Waals surface area contributed by atoms with Crippen LogP contribution in [-0.4, -0.2) is 68.5 Å². The summed E-state index contributed by atoms with van der Waals surface area (Å²) in [6.07, 6.45) is 0. The third-order valence-electron chi connectivity index (χ3n) is 5.24. The van der Waals surface area contributed by atoms with E-state index in [2.05, 4.69) is 27.5 Å². The smallest absolute Gasteiger partial charge is 0.313 e. The summed E-state index contributed by atoms with van der Waals surface area (Å²) in [5.41, 5.74) is 1.40. The summed E-state index contributed by atoms with van der Waals surface area (Å²) in [4.78, 5) is 29.1. The molecule has 1 aliphatic heterocycles. The van der Waals surface area contributed by atoms with Gasteiger partial charge in [0, 0.05) is 38.4 Å². The monoisotopic (exact) mass is 414 g/mol. The van der Waals surface area contributed by atoms with Crippen molar-refractivity contribution in [3.05, 3.63) is 59.9 Å². The molecule has 0 bridgehead atoms. The minimum atomic E-state index is -0.739. The fourth-order valence-corrected chi connectivity index (χ4v) is 3.41. The molecule has 0 radical (unpaired) electrons. The zero-order chi connectivity index (χ0) is 21.5. The van der Waals surface area contributed by atoms with Crippen molar-refractivity contribution in [2.45, 2.75) is 6.04 Å². The van der Waals surface area contributed by atoms with Crippen LogP contribution in [-0.2, 0) is 9.59 Å². The Hall–Kier alpha value is -2.97. The lowest BCUT2D eigenvalue weighted by molar-refractivity contribution is -0.136. The number of methoxy groups -OCH3 is 1. The van der Waals surface area contributed by atoms with Gasteiger partial charge in [-0.1, -0.05) is 12.1 Å². The van der Waals surface area contributed by atoms with Gasteiger partial charge in [0.15, 0.2) is 0 Å². The summed E-state index contributed by atoms with van der Waals surface area (Å²) >= 11 is 0. The second kappa shape index (κ2) is 10.2. The number of carbonyl (C=O) groups is 2. The summed E-state index contributed by atoms with van der Waals surface area (Å²) in [5.74, 6) is -1.10. The van der Waals surface area contributed by atoms with Crippen LogP contribution in [0.1, 0.15) is 11.6 Å². The summed E-state index contributed by atoms with van der Waals surface area (Å²) in [6.45, 7) is 3.72. The SMILES string of the molecule is COc1ccc(NC(=O)C(=O)NC[C@@H](c2ccc(F)cc2)N2CCN(C)CC2)cc1. The number of likely N-dealkylation sites (N-methyl/N-ethyl adjacent to an activating group) is 1. The van der Waals surface area contributed by atoms with Crippen molar-refractivity contribution in [3.8, 4) is 5.75 Å². The molecule has 0 saturated carbocycles. The Balaban J connectivity index is 1.62. The van der Waals surface area contributed by atoms with E-state index >= 15 is 0 Å². The van der Waals surface area contributed by atoms with Crippen LogP contribution in [0.25, 0.3) is 0 Å². The first-order chi connectivity index (χ1) is 14.5. The van der Waals surface area contributed by atoms with Crippen molar-refractivity contribution in [3.63, 3.8) is 0 Å². The van der Waals surface area contributed by atoms with E-state index in [1.54, 1.807) is 43.5 Å². The third kappa shape index (κ3) is 5.77. The molecule has 3 rings (SSSR count). The standard InChI is InChI=1S/C22H27FN4O3/c1-26-11-13-27(14-12-26)20(16-3-5-17(23)6-4-16)15-24-21(28)22(29)25-18-7-9-19(30-2)10-8-18/h3-10,20H,11-15H2,1-2H3,(H,24,28)(H,25,29)/t20-/m0/s1. The first kappa shape index (κ1) is 21.7. The van der Waals surface area contributed by atoms with Gasteiger partial charge in [-0.2, -0.15) is 0 Å². The number of piperazine rings is 1. The van der Waals surface area contributed by atoms with Crippen LogP contribution in [0.2, 0.25) is 0 Å². The predicted molar refractivity (Wildman–Crippen MR) is 113 cm³/mol. The van der Waals surface area contributed by atoms with E-state index in [0.29, 0.717) is 11.4 Å². The fourth-order valence-electron chi connectivity index (χ4n) is 3.41. The van der Waals surface area contributed by atoms with E-state index in [1.165, 1.54) is 12.1 Å². The second-order valence-electron chi connectivity index (χ2n) is 7.30. The van der Waals surface area contributed by atoms with Gasteiger partial charge in [-0.05, 0) is 49.0 Å². The van der Waals surface area contributed by atoms with Gasteiger partial charge >= 0.3 is 11.8 Å². The predicted octanol–water partition coefficient (Wildman–Crippen LogP) is 1.88. The maximum Gasteiger partial charge on any atom is 0.313 e. The van der Waals surface area contributed by atoms with Crippen LogP contribution in [0, 0.1) is 5.82 Å². The average Bonchev–Trinajstić information content (AvgIpc) is 2.76. The van der Waals surface area contributed by atoms with Crippen LogP contribution >= 0.6 is 0 Å². The molecule has 1 heterocycles. The van der Waals surface area contributed by atoms with Gasteiger partial charge in [-0.25, -0.2) is 4.39 Å². The largest absolute Gasteiger partial charge is 0.497 e. The topological polar surface area (TPSA) is 73.9 Å². The highest BCUT2D eigenvalue weighted by Gasteiger charge is 2.25. The Morgan fingerprint density at radius 2 is 1.63 bits per heavy atom. The van der Waals surface area contributed by atoms with Crippen molar-refractivity contribution >= 4 is 17.5 Å². The van der Waals surface area contributed by atoms with Crippen molar-refractivity contribution in [1.29, 1.82) is 0 Å². The van der Waals surface area contributed by atoms with Crippen molar-refractivity contribution < 1.29 is 18.7 Å². The number of ether oxygens (including phenoxy) is 1. The molecule has 2 N–H and O–H groups in total. The Bertz CT molecular complexity index is 850. The second-order valence-corrected chi connectivity index (χ2v) is 7.30. The van der Waals surface area contributed by atoms with Gasteiger partial charge < -0.3 is 20.3 Å². The van der Waals surface area contributed by atoms with Crippen LogP contribution in [0.15, 0.2) is 48.5 Å². The number of amides is 2. The highest BCUT2D eigenvalue weighted by molar-refractivity contribution is 6.39. The summed E-state index contributed by atoms with van der Waals surface area (Å²) in [6, 6.07) is 12.9. The molecule has 1 fully saturated rings. The zero-order valence-corrected chi connectivity index (χ0v) is 17.2. The Kier molecular flexibility index (Phi) is 7.37. The third-order valence-corrected chi connectivity index (χ3v) is 5.24. The lowest BCUT2D eigenvalue weighted by Gasteiger charge is -2.38. The van der Waals surface area contributed by atoms with E-state index in [1.807, 2.05) is 0 Å². The quantitative estimate of drug-likeness (QED) is 0.706. The molecule has 2 amide bonds. The maximum atomic E-state index is 13.4.